The third kappa shape index (κ3) is 4.22. The van der Waals surface area contributed by atoms with Gasteiger partial charge in [-0.15, -0.1) is 32.9 Å². The molecule has 4 rings (SSSR count). The lowest BCUT2D eigenvalue weighted by molar-refractivity contribution is 0.102. The van der Waals surface area contributed by atoms with Crippen LogP contribution in [0.1, 0.15) is 37.3 Å². The quantitative estimate of drug-likeness (QED) is 0.284. The topological polar surface area (TPSA) is 73.8 Å². The molecule has 0 amide bonds. The van der Waals surface area contributed by atoms with E-state index in [1.807, 2.05) is 39.8 Å². The van der Waals surface area contributed by atoms with E-state index in [2.05, 4.69) is 31.2 Å². The van der Waals surface area contributed by atoms with Gasteiger partial charge in [-0.1, -0.05) is 17.8 Å². The molecule has 0 aliphatic carbocycles. The van der Waals surface area contributed by atoms with Gasteiger partial charge >= 0.3 is 0 Å². The number of hydrogen-bond acceptors (Lipinski definition) is 8. The van der Waals surface area contributed by atoms with Crippen LogP contribution in [0.25, 0.3) is 10.8 Å². The lowest BCUT2D eigenvalue weighted by atomic mass is 10.2. The highest BCUT2D eigenvalue weighted by atomic mass is 32.2. The second-order valence-electron chi connectivity index (χ2n) is 6.68. The van der Waals surface area contributed by atoms with E-state index in [4.69, 9.17) is 4.42 Å². The lowest BCUT2D eigenvalue weighted by Gasteiger charge is -2.08. The molecule has 0 aliphatic rings. The summed E-state index contributed by atoms with van der Waals surface area (Å²) in [5.74, 6) is 0.772. The minimum absolute atomic E-state index is 0.0603. The van der Waals surface area contributed by atoms with Crippen LogP contribution < -0.4 is 0 Å². The van der Waals surface area contributed by atoms with Gasteiger partial charge in [-0.3, -0.25) is 4.79 Å². The highest BCUT2D eigenvalue weighted by molar-refractivity contribution is 7.99. The van der Waals surface area contributed by atoms with E-state index in [9.17, 15) is 4.79 Å². The molecule has 4 heterocycles. The number of aromatic nitrogens is 4. The molecule has 0 saturated carbocycles. The average molecular weight is 445 g/mol. The van der Waals surface area contributed by atoms with Crippen molar-refractivity contribution in [1.82, 2.24) is 19.7 Å². The third-order valence-corrected chi connectivity index (χ3v) is 7.34. The molecule has 9 heteroatoms. The first-order valence-electron chi connectivity index (χ1n) is 9.05. The fourth-order valence-electron chi connectivity index (χ4n) is 3.18. The van der Waals surface area contributed by atoms with Gasteiger partial charge in [-0.25, -0.2) is 4.98 Å². The van der Waals surface area contributed by atoms with E-state index in [0.717, 1.165) is 39.1 Å². The van der Waals surface area contributed by atoms with Gasteiger partial charge < -0.3 is 8.98 Å². The Balaban J connectivity index is 1.45. The molecule has 6 nitrogen and oxygen atoms in total. The standard InChI is InChI=1S/C20H20N4O2S3/c1-11-8-16(13(3)24(11)9-15-6-5-7-27-15)17(25)10-28-20-23-22-19(26-20)18-12(2)21-14(4)29-18/h5-8H,9-10H2,1-4H3. The average Bonchev–Trinajstić information content (AvgIpc) is 3.45. The summed E-state index contributed by atoms with van der Waals surface area (Å²) in [5.41, 5.74) is 3.70. The Kier molecular flexibility index (Phi) is 5.71. The first-order valence-corrected chi connectivity index (χ1v) is 11.7. The van der Waals surface area contributed by atoms with E-state index in [-0.39, 0.29) is 11.5 Å². The number of hydrogen-bond donors (Lipinski definition) is 0. The summed E-state index contributed by atoms with van der Waals surface area (Å²) in [6.07, 6.45) is 0. The molecule has 0 aliphatic heterocycles. The number of ketones is 1. The van der Waals surface area contributed by atoms with Crippen LogP contribution in [0.2, 0.25) is 0 Å². The van der Waals surface area contributed by atoms with Crippen molar-refractivity contribution in [3.8, 4) is 10.8 Å². The normalized spacial score (nSPS) is 11.3. The number of carbonyl (C=O) groups is 1. The number of thiazole rings is 1. The van der Waals surface area contributed by atoms with Crippen LogP contribution in [0, 0.1) is 27.7 Å². The molecule has 0 radical (unpaired) electrons. The predicted molar refractivity (Wildman–Crippen MR) is 117 cm³/mol. The van der Waals surface area contributed by atoms with Crippen LogP contribution in [-0.4, -0.2) is 31.3 Å². The number of rotatable bonds is 7. The molecule has 0 aromatic carbocycles. The van der Waals surface area contributed by atoms with Gasteiger partial charge in [-0.05, 0) is 45.2 Å². The molecule has 4 aromatic rings. The third-order valence-electron chi connectivity index (χ3n) is 4.60. The summed E-state index contributed by atoms with van der Waals surface area (Å²) < 4.78 is 7.92. The molecule has 0 unspecified atom stereocenters. The van der Waals surface area contributed by atoms with Gasteiger partial charge in [0.2, 0.25) is 0 Å². The molecule has 0 N–H and O–H groups in total. The van der Waals surface area contributed by atoms with Crippen LogP contribution in [0.3, 0.4) is 0 Å². The number of Topliss-reactive ketones (excluding diaryl/α,β-unsaturated/α-hetero) is 1. The highest BCUT2D eigenvalue weighted by Crippen LogP contribution is 2.31. The summed E-state index contributed by atoms with van der Waals surface area (Å²) in [6, 6.07) is 6.12. The molecule has 0 bridgehead atoms. The van der Waals surface area contributed by atoms with E-state index in [0.29, 0.717) is 11.1 Å². The monoisotopic (exact) mass is 444 g/mol. The van der Waals surface area contributed by atoms with Gasteiger partial charge in [0.25, 0.3) is 11.1 Å². The minimum atomic E-state index is 0.0603. The molecule has 0 fully saturated rings. The molecule has 0 spiro atoms. The first kappa shape index (κ1) is 20.1. The predicted octanol–water partition coefficient (Wildman–Crippen LogP) is 5.31. The number of aryl methyl sites for hydroxylation is 3. The van der Waals surface area contributed by atoms with Gasteiger partial charge in [0, 0.05) is 21.8 Å². The van der Waals surface area contributed by atoms with Crippen molar-refractivity contribution in [3.63, 3.8) is 0 Å². The van der Waals surface area contributed by atoms with Gasteiger partial charge in [0.05, 0.1) is 23.0 Å². The van der Waals surface area contributed by atoms with Crippen LogP contribution in [0.5, 0.6) is 0 Å². The first-order chi connectivity index (χ1) is 13.9. The summed E-state index contributed by atoms with van der Waals surface area (Å²) in [7, 11) is 0. The zero-order chi connectivity index (χ0) is 20.5. The maximum Gasteiger partial charge on any atom is 0.277 e. The van der Waals surface area contributed by atoms with Crippen LogP contribution >= 0.6 is 34.4 Å². The van der Waals surface area contributed by atoms with Crippen molar-refractivity contribution < 1.29 is 9.21 Å². The summed E-state index contributed by atoms with van der Waals surface area (Å²) >= 11 is 4.51. The molecule has 29 heavy (non-hydrogen) atoms. The van der Waals surface area contributed by atoms with E-state index >= 15 is 0 Å². The van der Waals surface area contributed by atoms with Crippen molar-refractivity contribution in [2.75, 3.05) is 5.75 Å². The molecular formula is C20H20N4O2S3. The van der Waals surface area contributed by atoms with Crippen LogP contribution in [0.15, 0.2) is 33.2 Å². The molecular weight excluding hydrogens is 424 g/mol. The Labute approximate surface area is 181 Å². The Morgan fingerprint density at radius 1 is 1.24 bits per heavy atom. The smallest absolute Gasteiger partial charge is 0.277 e. The number of thioether (sulfide) groups is 1. The summed E-state index contributed by atoms with van der Waals surface area (Å²) in [4.78, 5) is 19.3. The maximum atomic E-state index is 12.8. The van der Waals surface area contributed by atoms with Gasteiger partial charge in [-0.2, -0.15) is 0 Å². The van der Waals surface area contributed by atoms with Crippen molar-refractivity contribution in [2.45, 2.75) is 39.5 Å². The molecule has 4 aromatic heterocycles. The zero-order valence-corrected chi connectivity index (χ0v) is 19.0. The molecule has 0 saturated heterocycles. The van der Waals surface area contributed by atoms with E-state index < -0.39 is 0 Å². The number of carbonyl (C=O) groups excluding carboxylic acids is 1. The molecule has 150 valence electrons. The number of nitrogens with zero attached hydrogens (tertiary/aromatic N) is 4. The van der Waals surface area contributed by atoms with Crippen molar-refractivity contribution >= 4 is 40.2 Å². The zero-order valence-electron chi connectivity index (χ0n) is 16.6. The summed E-state index contributed by atoms with van der Waals surface area (Å²) in [5, 5.41) is 11.6. The largest absolute Gasteiger partial charge is 0.410 e. The summed E-state index contributed by atoms with van der Waals surface area (Å²) in [6.45, 7) is 8.69. The molecule has 0 atom stereocenters. The highest BCUT2D eigenvalue weighted by Gasteiger charge is 2.19. The SMILES string of the molecule is Cc1nc(C)c(-c2nnc(SCC(=O)c3cc(C)n(Cc4cccs4)c3C)o2)s1. The second kappa shape index (κ2) is 8.25. The fraction of sp³-hybridized carbons (Fsp3) is 0.300. The van der Waals surface area contributed by atoms with Crippen LogP contribution in [0.4, 0.5) is 0 Å². The van der Waals surface area contributed by atoms with E-state index in [1.54, 1.807) is 11.3 Å². The van der Waals surface area contributed by atoms with Crippen LogP contribution in [-0.2, 0) is 6.54 Å². The Hall–Kier alpha value is -2.23. The fourth-order valence-corrected chi connectivity index (χ4v) is 5.36. The van der Waals surface area contributed by atoms with E-state index in [1.165, 1.54) is 28.0 Å². The Bertz CT molecular complexity index is 1150. The lowest BCUT2D eigenvalue weighted by Crippen LogP contribution is -2.07. The van der Waals surface area contributed by atoms with Crippen molar-refractivity contribution in [2.24, 2.45) is 0 Å². The van der Waals surface area contributed by atoms with Crippen molar-refractivity contribution in [1.29, 1.82) is 0 Å². The Morgan fingerprint density at radius 3 is 2.76 bits per heavy atom. The van der Waals surface area contributed by atoms with Crippen molar-refractivity contribution in [3.05, 3.63) is 56.1 Å². The minimum Gasteiger partial charge on any atom is -0.410 e. The second-order valence-corrected chi connectivity index (χ2v) is 9.84. The maximum absolute atomic E-state index is 12.8. The van der Waals surface area contributed by atoms with Gasteiger partial charge in [0.1, 0.15) is 4.88 Å². The Morgan fingerprint density at radius 2 is 2.07 bits per heavy atom. The number of thiophene rings is 1. The van der Waals surface area contributed by atoms with Gasteiger partial charge in [0.15, 0.2) is 5.78 Å².